The number of rotatable bonds is 2. The third-order valence-corrected chi connectivity index (χ3v) is 2.96. The molecule has 2 aromatic rings. The van der Waals surface area contributed by atoms with Gasteiger partial charge in [-0.05, 0) is 44.0 Å². The molecule has 0 spiro atoms. The molecule has 1 aromatic carbocycles. The van der Waals surface area contributed by atoms with Crippen LogP contribution in [0.1, 0.15) is 27.3 Å². The predicted octanol–water partition coefficient (Wildman–Crippen LogP) is 2.18. The molecule has 0 radical (unpaired) electrons. The molecule has 0 unspecified atom stereocenters. The number of nitrogen functional groups attached to an aromatic ring is 1. The first-order valence-electron chi connectivity index (χ1n) is 6.07. The van der Waals surface area contributed by atoms with Crippen LogP contribution < -0.4 is 11.1 Å². The number of carbonyl (C=O) groups is 1. The lowest BCUT2D eigenvalue weighted by Gasteiger charge is -2.08. The molecule has 0 fully saturated rings. The van der Waals surface area contributed by atoms with Crippen LogP contribution in [0.15, 0.2) is 18.2 Å². The number of anilines is 2. The van der Waals surface area contributed by atoms with E-state index in [4.69, 9.17) is 5.73 Å². The van der Waals surface area contributed by atoms with Crippen LogP contribution >= 0.6 is 0 Å². The zero-order valence-electron chi connectivity index (χ0n) is 11.6. The molecule has 5 nitrogen and oxygen atoms in total. The van der Waals surface area contributed by atoms with Crippen LogP contribution in [0.4, 0.5) is 11.4 Å². The maximum Gasteiger partial charge on any atom is 0.276 e. The van der Waals surface area contributed by atoms with Crippen LogP contribution in [0, 0.1) is 20.8 Å². The summed E-state index contributed by atoms with van der Waals surface area (Å²) in [5.41, 5.74) is 10.3. The molecule has 100 valence electrons. The van der Waals surface area contributed by atoms with E-state index in [0.29, 0.717) is 17.1 Å². The van der Waals surface area contributed by atoms with Gasteiger partial charge in [-0.1, -0.05) is 6.07 Å². The minimum absolute atomic E-state index is 0.245. The molecule has 2 rings (SSSR count). The Balaban J connectivity index is 2.30. The Labute approximate surface area is 112 Å². The van der Waals surface area contributed by atoms with Gasteiger partial charge in [-0.2, -0.15) is 5.10 Å². The fourth-order valence-corrected chi connectivity index (χ4v) is 2.18. The number of carbonyl (C=O) groups excluding carboxylic acids is 1. The van der Waals surface area contributed by atoms with Crippen molar-refractivity contribution in [2.24, 2.45) is 7.05 Å². The van der Waals surface area contributed by atoms with Crippen LogP contribution in [0.3, 0.4) is 0 Å². The Hall–Kier alpha value is -2.30. The number of aryl methyl sites for hydroxylation is 4. The van der Waals surface area contributed by atoms with Crippen molar-refractivity contribution in [2.75, 3.05) is 11.1 Å². The largest absolute Gasteiger partial charge is 0.395 e. The monoisotopic (exact) mass is 258 g/mol. The smallest absolute Gasteiger partial charge is 0.276 e. The summed E-state index contributed by atoms with van der Waals surface area (Å²) in [7, 11) is 1.71. The number of aromatic nitrogens is 2. The maximum absolute atomic E-state index is 12.2. The standard InChI is InChI=1S/C14H18N4O/c1-8-5-9(2)7-11(6-8)16-14(19)13-12(15)10(3)17-18(13)4/h5-7H,15H2,1-4H3,(H,16,19). The highest BCUT2D eigenvalue weighted by atomic mass is 16.2. The van der Waals surface area contributed by atoms with Crippen LogP contribution in [-0.2, 0) is 7.05 Å². The van der Waals surface area contributed by atoms with Gasteiger partial charge in [-0.15, -0.1) is 0 Å². The Morgan fingerprint density at radius 2 is 1.79 bits per heavy atom. The quantitative estimate of drug-likeness (QED) is 0.867. The van der Waals surface area contributed by atoms with Crippen molar-refractivity contribution in [3.8, 4) is 0 Å². The van der Waals surface area contributed by atoms with Gasteiger partial charge in [0.2, 0.25) is 0 Å². The number of benzene rings is 1. The first kappa shape index (κ1) is 13.1. The van der Waals surface area contributed by atoms with Crippen molar-refractivity contribution in [2.45, 2.75) is 20.8 Å². The normalized spacial score (nSPS) is 10.5. The van der Waals surface area contributed by atoms with Crippen molar-refractivity contribution >= 4 is 17.3 Å². The summed E-state index contributed by atoms with van der Waals surface area (Å²) in [5, 5.41) is 6.99. The highest BCUT2D eigenvalue weighted by Crippen LogP contribution is 2.19. The second kappa shape index (κ2) is 4.76. The Bertz CT molecular complexity index is 623. The third-order valence-electron chi connectivity index (χ3n) is 2.96. The molecular formula is C14H18N4O. The molecule has 0 aliphatic rings. The number of nitrogens with two attached hydrogens (primary N) is 1. The van der Waals surface area contributed by atoms with E-state index in [2.05, 4.69) is 16.5 Å². The summed E-state index contributed by atoms with van der Waals surface area (Å²) in [6.45, 7) is 5.76. The zero-order chi connectivity index (χ0) is 14.2. The lowest BCUT2D eigenvalue weighted by atomic mass is 10.1. The summed E-state index contributed by atoms with van der Waals surface area (Å²) >= 11 is 0. The second-order valence-corrected chi connectivity index (χ2v) is 4.80. The molecule has 0 saturated heterocycles. The van der Waals surface area contributed by atoms with Gasteiger partial charge >= 0.3 is 0 Å². The molecule has 1 amide bonds. The minimum atomic E-state index is -0.245. The Morgan fingerprint density at radius 1 is 1.21 bits per heavy atom. The van der Waals surface area contributed by atoms with E-state index in [0.717, 1.165) is 16.8 Å². The van der Waals surface area contributed by atoms with Crippen LogP contribution in [-0.4, -0.2) is 15.7 Å². The molecule has 0 saturated carbocycles. The van der Waals surface area contributed by atoms with Gasteiger partial charge in [0, 0.05) is 12.7 Å². The fraction of sp³-hybridized carbons (Fsp3) is 0.286. The van der Waals surface area contributed by atoms with Gasteiger partial charge in [0.1, 0.15) is 5.69 Å². The highest BCUT2D eigenvalue weighted by Gasteiger charge is 2.18. The highest BCUT2D eigenvalue weighted by molar-refractivity contribution is 6.06. The van der Waals surface area contributed by atoms with Crippen molar-refractivity contribution in [1.82, 2.24) is 9.78 Å². The molecule has 3 N–H and O–H groups in total. The molecule has 0 aliphatic heterocycles. The average Bonchev–Trinajstić information content (AvgIpc) is 2.51. The van der Waals surface area contributed by atoms with Crippen molar-refractivity contribution in [1.29, 1.82) is 0 Å². The van der Waals surface area contributed by atoms with Gasteiger partial charge in [-0.25, -0.2) is 0 Å². The van der Waals surface area contributed by atoms with Gasteiger partial charge in [-0.3, -0.25) is 9.48 Å². The first-order valence-corrected chi connectivity index (χ1v) is 6.07. The minimum Gasteiger partial charge on any atom is -0.395 e. The van der Waals surface area contributed by atoms with Crippen molar-refractivity contribution in [3.63, 3.8) is 0 Å². The van der Waals surface area contributed by atoms with Gasteiger partial charge in [0.15, 0.2) is 0 Å². The number of hydrogen-bond donors (Lipinski definition) is 2. The summed E-state index contributed by atoms with van der Waals surface area (Å²) in [4.78, 5) is 12.2. The van der Waals surface area contributed by atoms with E-state index in [1.54, 1.807) is 14.0 Å². The van der Waals surface area contributed by atoms with Gasteiger partial charge in [0.05, 0.1) is 11.4 Å². The molecule has 0 aliphatic carbocycles. The molecule has 1 heterocycles. The van der Waals surface area contributed by atoms with Crippen molar-refractivity contribution in [3.05, 3.63) is 40.7 Å². The maximum atomic E-state index is 12.2. The average molecular weight is 258 g/mol. The molecule has 1 aromatic heterocycles. The molecule has 0 atom stereocenters. The van der Waals surface area contributed by atoms with Gasteiger partial charge in [0.25, 0.3) is 5.91 Å². The molecule has 5 heteroatoms. The van der Waals surface area contributed by atoms with E-state index >= 15 is 0 Å². The topological polar surface area (TPSA) is 72.9 Å². The van der Waals surface area contributed by atoms with Crippen LogP contribution in [0.2, 0.25) is 0 Å². The number of nitrogens with zero attached hydrogens (tertiary/aromatic N) is 2. The van der Waals surface area contributed by atoms with E-state index in [1.807, 2.05) is 26.0 Å². The summed E-state index contributed by atoms with van der Waals surface area (Å²) in [6, 6.07) is 5.90. The zero-order valence-corrected chi connectivity index (χ0v) is 11.6. The Morgan fingerprint density at radius 3 is 2.26 bits per heavy atom. The Kier molecular flexibility index (Phi) is 3.29. The SMILES string of the molecule is Cc1cc(C)cc(NC(=O)c2c(N)c(C)nn2C)c1. The summed E-state index contributed by atoms with van der Waals surface area (Å²) in [6.07, 6.45) is 0. The van der Waals surface area contributed by atoms with Gasteiger partial charge < -0.3 is 11.1 Å². The summed E-state index contributed by atoms with van der Waals surface area (Å²) < 4.78 is 1.50. The lowest BCUT2D eigenvalue weighted by Crippen LogP contribution is -2.17. The third kappa shape index (κ3) is 2.59. The molecule has 0 bridgehead atoms. The predicted molar refractivity (Wildman–Crippen MR) is 76.2 cm³/mol. The molecule has 19 heavy (non-hydrogen) atoms. The van der Waals surface area contributed by atoms with E-state index < -0.39 is 0 Å². The number of amides is 1. The summed E-state index contributed by atoms with van der Waals surface area (Å²) in [5.74, 6) is -0.245. The molecular weight excluding hydrogens is 240 g/mol. The van der Waals surface area contributed by atoms with E-state index in [1.165, 1.54) is 4.68 Å². The lowest BCUT2D eigenvalue weighted by molar-refractivity contribution is 0.101. The second-order valence-electron chi connectivity index (χ2n) is 4.80. The van der Waals surface area contributed by atoms with Crippen LogP contribution in [0.5, 0.6) is 0 Å². The fourth-order valence-electron chi connectivity index (χ4n) is 2.18. The van der Waals surface area contributed by atoms with E-state index in [9.17, 15) is 4.79 Å². The van der Waals surface area contributed by atoms with Crippen molar-refractivity contribution < 1.29 is 4.79 Å². The van der Waals surface area contributed by atoms with E-state index in [-0.39, 0.29) is 5.91 Å². The first-order chi connectivity index (χ1) is 8.88. The van der Waals surface area contributed by atoms with Crippen LogP contribution in [0.25, 0.3) is 0 Å². The number of nitrogens with one attached hydrogen (secondary N) is 1. The number of hydrogen-bond acceptors (Lipinski definition) is 3.